The molecule has 186 valence electrons. The number of benzene rings is 3. The number of rotatable bonds is 7. The highest BCUT2D eigenvalue weighted by Crippen LogP contribution is 2.41. The molecule has 1 aliphatic carbocycles. The molecule has 4 rings (SSSR count). The molecule has 0 spiro atoms. The number of halogens is 1. The Kier molecular flexibility index (Phi) is 7.41. The molecular weight excluding hydrogens is 550 g/mol. The van der Waals surface area contributed by atoms with Crippen LogP contribution in [-0.2, 0) is 22.9 Å². The van der Waals surface area contributed by atoms with E-state index in [9.17, 15) is 18.3 Å². The molecule has 0 bridgehead atoms. The highest BCUT2D eigenvalue weighted by molar-refractivity contribution is 9.10. The quantitative estimate of drug-likeness (QED) is 0.217. The first-order chi connectivity index (χ1) is 17.2. The van der Waals surface area contributed by atoms with Gasteiger partial charge in [-0.05, 0) is 66.9 Å². The van der Waals surface area contributed by atoms with Crippen molar-refractivity contribution < 1.29 is 27.8 Å². The molecule has 9 nitrogen and oxygen atoms in total. The van der Waals surface area contributed by atoms with E-state index in [-0.39, 0.29) is 27.6 Å². The van der Waals surface area contributed by atoms with Gasteiger partial charge in [0.15, 0.2) is 11.5 Å². The summed E-state index contributed by atoms with van der Waals surface area (Å²) in [7, 11) is -0.993. The van der Waals surface area contributed by atoms with Gasteiger partial charge in [0.25, 0.3) is 15.9 Å². The van der Waals surface area contributed by atoms with E-state index in [0.29, 0.717) is 35.5 Å². The van der Waals surface area contributed by atoms with E-state index in [1.165, 1.54) is 44.6 Å². The van der Waals surface area contributed by atoms with Gasteiger partial charge in [-0.25, -0.2) is 8.42 Å². The zero-order valence-electron chi connectivity index (χ0n) is 19.4. The van der Waals surface area contributed by atoms with Crippen LogP contribution in [0.4, 0.5) is 11.4 Å². The number of hydrogen-bond donors (Lipinski definition) is 2. The van der Waals surface area contributed by atoms with Gasteiger partial charge in [-0.2, -0.15) is 0 Å². The van der Waals surface area contributed by atoms with Crippen LogP contribution in [0.15, 0.2) is 80.3 Å². The molecule has 0 atom stereocenters. The van der Waals surface area contributed by atoms with Crippen molar-refractivity contribution in [3.8, 4) is 17.2 Å². The van der Waals surface area contributed by atoms with Crippen molar-refractivity contribution in [3.05, 3.63) is 81.8 Å². The van der Waals surface area contributed by atoms with E-state index >= 15 is 0 Å². The lowest BCUT2D eigenvalue weighted by Gasteiger charge is -2.19. The normalized spacial score (nSPS) is 12.9. The number of carbonyl (C=O) groups excluding carboxylic acids is 1. The number of phenolic OH excluding ortho intramolecular Hbond substituents is 1. The molecule has 36 heavy (non-hydrogen) atoms. The number of allylic oxidation sites excluding steroid dienone is 2. The number of nitrogens with one attached hydrogen (secondary N) is 1. The third-order valence-corrected chi connectivity index (χ3v) is 7.47. The smallest absolute Gasteiger partial charge is 0.295 e. The molecule has 11 heteroatoms. The summed E-state index contributed by atoms with van der Waals surface area (Å²) in [5, 5.41) is 18.5. The number of ether oxygens (including phenoxy) is 2. The Morgan fingerprint density at radius 1 is 0.972 bits per heavy atom. The SMILES string of the molecule is COc1ccc(C(=O)N=Nc2cc(NS(=O)(=O)c3ccc(Br)cc3)c3c(c2O)CC=CC3)cc1OC. The van der Waals surface area contributed by atoms with Crippen LogP contribution in [0.1, 0.15) is 21.5 Å². The zero-order chi connectivity index (χ0) is 25.9. The van der Waals surface area contributed by atoms with Gasteiger partial charge >= 0.3 is 0 Å². The summed E-state index contributed by atoms with van der Waals surface area (Å²) in [4.78, 5) is 12.7. The maximum absolute atomic E-state index is 13.0. The van der Waals surface area contributed by atoms with Gasteiger partial charge in [-0.15, -0.1) is 10.2 Å². The van der Waals surface area contributed by atoms with E-state index in [0.717, 1.165) is 4.47 Å². The lowest BCUT2D eigenvalue weighted by atomic mass is 9.93. The van der Waals surface area contributed by atoms with Crippen molar-refractivity contribution in [3.63, 3.8) is 0 Å². The van der Waals surface area contributed by atoms with Crippen LogP contribution in [0.2, 0.25) is 0 Å². The Balaban J connectivity index is 1.69. The number of anilines is 1. The first-order valence-corrected chi connectivity index (χ1v) is 13.0. The van der Waals surface area contributed by atoms with Crippen LogP contribution < -0.4 is 14.2 Å². The monoisotopic (exact) mass is 571 g/mol. The van der Waals surface area contributed by atoms with Gasteiger partial charge < -0.3 is 14.6 Å². The third kappa shape index (κ3) is 5.26. The molecule has 0 aliphatic heterocycles. The Labute approximate surface area is 216 Å². The third-order valence-electron chi connectivity index (χ3n) is 5.56. The fourth-order valence-corrected chi connectivity index (χ4v) is 5.07. The fraction of sp³-hybridized carbons (Fsp3) is 0.160. The average molecular weight is 572 g/mol. The molecule has 3 aromatic carbocycles. The molecule has 1 amide bonds. The van der Waals surface area contributed by atoms with Crippen LogP contribution in [-0.4, -0.2) is 33.7 Å². The molecule has 3 aromatic rings. The van der Waals surface area contributed by atoms with E-state index in [4.69, 9.17) is 9.47 Å². The van der Waals surface area contributed by atoms with Gasteiger partial charge in [0, 0.05) is 15.6 Å². The van der Waals surface area contributed by atoms with Crippen molar-refractivity contribution in [2.75, 3.05) is 18.9 Å². The molecule has 0 unspecified atom stereocenters. The minimum Gasteiger partial charge on any atom is -0.505 e. The Morgan fingerprint density at radius 3 is 2.31 bits per heavy atom. The highest BCUT2D eigenvalue weighted by Gasteiger charge is 2.23. The number of methoxy groups -OCH3 is 2. The fourth-order valence-electron chi connectivity index (χ4n) is 3.72. The number of carbonyl (C=O) groups is 1. The summed E-state index contributed by atoms with van der Waals surface area (Å²) < 4.78 is 39.8. The number of amides is 1. The summed E-state index contributed by atoms with van der Waals surface area (Å²) in [5.41, 5.74) is 1.56. The maximum atomic E-state index is 13.0. The highest BCUT2D eigenvalue weighted by atomic mass is 79.9. The average Bonchev–Trinajstić information content (AvgIpc) is 2.89. The predicted molar refractivity (Wildman–Crippen MR) is 138 cm³/mol. The molecule has 0 aromatic heterocycles. The van der Waals surface area contributed by atoms with Crippen molar-refractivity contribution in [1.82, 2.24) is 0 Å². The van der Waals surface area contributed by atoms with Gasteiger partial charge in [-0.1, -0.05) is 28.1 Å². The summed E-state index contributed by atoms with van der Waals surface area (Å²) in [6.45, 7) is 0. The maximum Gasteiger partial charge on any atom is 0.295 e. The summed E-state index contributed by atoms with van der Waals surface area (Å²) in [6.07, 6.45) is 4.55. The number of hydrogen-bond acceptors (Lipinski definition) is 7. The summed E-state index contributed by atoms with van der Waals surface area (Å²) >= 11 is 3.29. The van der Waals surface area contributed by atoms with Crippen LogP contribution >= 0.6 is 15.9 Å². The van der Waals surface area contributed by atoms with E-state index in [1.807, 2.05) is 12.2 Å². The van der Waals surface area contributed by atoms with Gasteiger partial charge in [0.05, 0.1) is 24.8 Å². The van der Waals surface area contributed by atoms with Gasteiger partial charge in [0.2, 0.25) is 0 Å². The van der Waals surface area contributed by atoms with Crippen LogP contribution in [0.25, 0.3) is 0 Å². The molecule has 2 N–H and O–H groups in total. The number of nitrogens with zero attached hydrogens (tertiary/aromatic N) is 2. The van der Waals surface area contributed by atoms with Crippen molar-refractivity contribution in [2.45, 2.75) is 17.7 Å². The van der Waals surface area contributed by atoms with Crippen LogP contribution in [0.5, 0.6) is 17.2 Å². The molecule has 0 heterocycles. The second kappa shape index (κ2) is 10.5. The van der Waals surface area contributed by atoms with Crippen molar-refractivity contribution >= 4 is 43.2 Å². The first-order valence-electron chi connectivity index (χ1n) is 10.7. The topological polar surface area (TPSA) is 127 Å². The largest absolute Gasteiger partial charge is 0.505 e. The lowest BCUT2D eigenvalue weighted by Crippen LogP contribution is -2.15. The van der Waals surface area contributed by atoms with Crippen LogP contribution in [0.3, 0.4) is 0 Å². The summed E-state index contributed by atoms with van der Waals surface area (Å²) in [6, 6.07) is 12.1. The van der Waals surface area contributed by atoms with Crippen molar-refractivity contribution in [2.24, 2.45) is 10.2 Å². The molecule has 0 saturated carbocycles. The first kappa shape index (κ1) is 25.4. The summed E-state index contributed by atoms with van der Waals surface area (Å²) in [5.74, 6) is -0.0320. The van der Waals surface area contributed by atoms with Gasteiger partial charge in [-0.3, -0.25) is 9.52 Å². The molecule has 0 fully saturated rings. The number of fused-ring (bicyclic) bond motifs is 1. The minimum absolute atomic E-state index is 0.0358. The second-order valence-corrected chi connectivity index (χ2v) is 10.4. The van der Waals surface area contributed by atoms with E-state index < -0.39 is 15.9 Å². The molecule has 1 aliphatic rings. The van der Waals surface area contributed by atoms with E-state index in [2.05, 4.69) is 30.9 Å². The Bertz CT molecular complexity index is 1480. The number of aromatic hydroxyl groups is 1. The lowest BCUT2D eigenvalue weighted by molar-refractivity contribution is 0.0994. The Hall–Kier alpha value is -3.70. The van der Waals surface area contributed by atoms with Crippen molar-refractivity contribution in [1.29, 1.82) is 0 Å². The standard InChI is InChI=1S/C25H22BrN3O6S/c1-34-22-12-7-15(13-23(22)35-2)25(31)28-27-21-14-20(18-5-3-4-6-19(18)24(21)30)29-36(32,33)17-10-8-16(26)9-11-17/h3-4,7-14,29-30H,5-6H2,1-2H3. The predicted octanol–water partition coefficient (Wildman–Crippen LogP) is 5.55. The van der Waals surface area contributed by atoms with Crippen LogP contribution in [0, 0.1) is 0 Å². The minimum atomic E-state index is -3.92. The molecule has 0 radical (unpaired) electrons. The van der Waals surface area contributed by atoms with E-state index in [1.54, 1.807) is 18.2 Å². The Morgan fingerprint density at radius 2 is 1.64 bits per heavy atom. The zero-order valence-corrected chi connectivity index (χ0v) is 21.8. The number of azo groups is 1. The molecular formula is C25H22BrN3O6S. The number of phenols is 1. The van der Waals surface area contributed by atoms with Gasteiger partial charge in [0.1, 0.15) is 11.4 Å². The number of sulfonamides is 1. The second-order valence-electron chi connectivity index (χ2n) is 7.76. The molecule has 0 saturated heterocycles.